The first-order valence-electron chi connectivity index (χ1n) is 8.03. The normalized spacial score (nSPS) is 12.5. The van der Waals surface area contributed by atoms with Crippen molar-refractivity contribution in [1.29, 1.82) is 0 Å². The molecular formula is C17H20N4O4. The summed E-state index contributed by atoms with van der Waals surface area (Å²) >= 11 is 0. The Morgan fingerprint density at radius 3 is 2.92 bits per heavy atom. The van der Waals surface area contributed by atoms with E-state index in [4.69, 9.17) is 14.2 Å². The Hall–Kier alpha value is -2.87. The Labute approximate surface area is 145 Å². The average molecular weight is 344 g/mol. The van der Waals surface area contributed by atoms with E-state index in [1.807, 2.05) is 0 Å². The zero-order valence-electron chi connectivity index (χ0n) is 13.9. The Morgan fingerprint density at radius 2 is 2.08 bits per heavy atom. The Bertz CT molecular complexity index is 738. The first kappa shape index (κ1) is 17.0. The van der Waals surface area contributed by atoms with Gasteiger partial charge in [-0.3, -0.25) is 4.79 Å². The number of nitrogens with one attached hydrogen (secondary N) is 2. The van der Waals surface area contributed by atoms with Crippen molar-refractivity contribution in [2.75, 3.05) is 44.1 Å². The van der Waals surface area contributed by atoms with Crippen LogP contribution < -0.4 is 20.1 Å². The van der Waals surface area contributed by atoms with Crippen molar-refractivity contribution in [2.45, 2.75) is 6.42 Å². The standard InChI is InChI=1S/C17H20N4O4/c1-23-8-2-6-18-17-19-7-5-13(21-17)16(22)20-12-3-4-14-15(11-12)25-10-9-24-14/h3-5,7,11H,2,6,8-10H2,1H3,(H,20,22)(H,18,19,21). The van der Waals surface area contributed by atoms with Crippen LogP contribution in [0.3, 0.4) is 0 Å². The molecule has 0 saturated carbocycles. The van der Waals surface area contributed by atoms with Gasteiger partial charge in [0.25, 0.3) is 5.91 Å². The van der Waals surface area contributed by atoms with Crippen LogP contribution in [-0.4, -0.2) is 49.4 Å². The van der Waals surface area contributed by atoms with Gasteiger partial charge in [-0.2, -0.15) is 0 Å². The number of methoxy groups -OCH3 is 1. The smallest absolute Gasteiger partial charge is 0.274 e. The number of ether oxygens (including phenoxy) is 3. The molecule has 0 unspecified atom stereocenters. The van der Waals surface area contributed by atoms with Gasteiger partial charge < -0.3 is 24.8 Å². The van der Waals surface area contributed by atoms with Crippen molar-refractivity contribution >= 4 is 17.5 Å². The number of hydrogen-bond donors (Lipinski definition) is 2. The highest BCUT2D eigenvalue weighted by Crippen LogP contribution is 2.32. The largest absolute Gasteiger partial charge is 0.486 e. The van der Waals surface area contributed by atoms with Crippen molar-refractivity contribution in [3.63, 3.8) is 0 Å². The molecule has 0 radical (unpaired) electrons. The molecule has 2 heterocycles. The third kappa shape index (κ3) is 4.57. The van der Waals surface area contributed by atoms with Crippen molar-refractivity contribution < 1.29 is 19.0 Å². The minimum atomic E-state index is -0.320. The molecule has 1 aromatic heterocycles. The molecule has 1 amide bonds. The lowest BCUT2D eigenvalue weighted by atomic mass is 10.2. The molecule has 3 rings (SSSR count). The summed E-state index contributed by atoms with van der Waals surface area (Å²) in [7, 11) is 1.65. The number of fused-ring (bicyclic) bond motifs is 1. The quantitative estimate of drug-likeness (QED) is 0.741. The Morgan fingerprint density at radius 1 is 1.24 bits per heavy atom. The van der Waals surface area contributed by atoms with E-state index >= 15 is 0 Å². The van der Waals surface area contributed by atoms with E-state index in [2.05, 4.69) is 20.6 Å². The van der Waals surface area contributed by atoms with Crippen molar-refractivity contribution in [3.05, 3.63) is 36.2 Å². The maximum absolute atomic E-state index is 12.4. The summed E-state index contributed by atoms with van der Waals surface area (Å²) in [6.45, 7) is 2.34. The number of hydrogen-bond acceptors (Lipinski definition) is 7. The van der Waals surface area contributed by atoms with Crippen LogP contribution in [-0.2, 0) is 4.74 Å². The second-order valence-electron chi connectivity index (χ2n) is 5.35. The topological polar surface area (TPSA) is 94.6 Å². The van der Waals surface area contributed by atoms with E-state index < -0.39 is 0 Å². The number of anilines is 2. The Kier molecular flexibility index (Phi) is 5.63. The molecule has 1 aliphatic rings. The molecule has 8 heteroatoms. The van der Waals surface area contributed by atoms with Crippen LogP contribution in [0, 0.1) is 0 Å². The molecule has 0 bridgehead atoms. The summed E-state index contributed by atoms with van der Waals surface area (Å²) in [5.74, 6) is 1.38. The van der Waals surface area contributed by atoms with Gasteiger partial charge >= 0.3 is 0 Å². The summed E-state index contributed by atoms with van der Waals surface area (Å²) in [5.41, 5.74) is 0.890. The van der Waals surface area contributed by atoms with Gasteiger partial charge in [0.1, 0.15) is 18.9 Å². The van der Waals surface area contributed by atoms with Crippen LogP contribution in [0.1, 0.15) is 16.9 Å². The molecule has 2 N–H and O–H groups in total. The van der Waals surface area contributed by atoms with Crippen molar-refractivity contribution in [2.24, 2.45) is 0 Å². The number of amides is 1. The molecule has 0 aliphatic carbocycles. The molecule has 0 saturated heterocycles. The lowest BCUT2D eigenvalue weighted by Crippen LogP contribution is -2.17. The fourth-order valence-electron chi connectivity index (χ4n) is 2.30. The van der Waals surface area contributed by atoms with Crippen LogP contribution in [0.2, 0.25) is 0 Å². The fourth-order valence-corrected chi connectivity index (χ4v) is 2.30. The molecule has 1 aromatic carbocycles. The van der Waals surface area contributed by atoms with Gasteiger partial charge in [-0.05, 0) is 24.6 Å². The van der Waals surface area contributed by atoms with Crippen molar-refractivity contribution in [3.8, 4) is 11.5 Å². The first-order chi connectivity index (χ1) is 12.3. The maximum atomic E-state index is 12.4. The van der Waals surface area contributed by atoms with E-state index in [9.17, 15) is 4.79 Å². The average Bonchev–Trinajstić information content (AvgIpc) is 2.65. The summed E-state index contributed by atoms with van der Waals surface area (Å²) in [6.07, 6.45) is 2.37. The molecule has 8 nitrogen and oxygen atoms in total. The number of carbonyl (C=O) groups is 1. The van der Waals surface area contributed by atoms with Crippen LogP contribution in [0.25, 0.3) is 0 Å². The van der Waals surface area contributed by atoms with Gasteiger partial charge in [-0.15, -0.1) is 0 Å². The predicted octanol–water partition coefficient (Wildman–Crippen LogP) is 1.95. The summed E-state index contributed by atoms with van der Waals surface area (Å²) in [6, 6.07) is 6.83. The zero-order valence-corrected chi connectivity index (χ0v) is 13.9. The highest BCUT2D eigenvalue weighted by Gasteiger charge is 2.14. The van der Waals surface area contributed by atoms with Gasteiger partial charge in [-0.25, -0.2) is 9.97 Å². The Balaban J connectivity index is 1.63. The van der Waals surface area contributed by atoms with E-state index in [1.54, 1.807) is 37.6 Å². The highest BCUT2D eigenvalue weighted by molar-refractivity contribution is 6.03. The van der Waals surface area contributed by atoms with E-state index in [1.165, 1.54) is 0 Å². The van der Waals surface area contributed by atoms with Crippen LogP contribution in [0.5, 0.6) is 11.5 Å². The fraction of sp³-hybridized carbons (Fsp3) is 0.353. The minimum Gasteiger partial charge on any atom is -0.486 e. The van der Waals surface area contributed by atoms with Crippen LogP contribution >= 0.6 is 0 Å². The number of benzene rings is 1. The van der Waals surface area contributed by atoms with E-state index in [0.29, 0.717) is 49.5 Å². The number of carbonyl (C=O) groups excluding carboxylic acids is 1. The molecular weight excluding hydrogens is 324 g/mol. The number of nitrogens with zero attached hydrogens (tertiary/aromatic N) is 2. The first-order valence-corrected chi connectivity index (χ1v) is 8.03. The third-order valence-corrected chi connectivity index (χ3v) is 3.50. The second-order valence-corrected chi connectivity index (χ2v) is 5.35. The summed E-state index contributed by atoms with van der Waals surface area (Å²) in [4.78, 5) is 20.7. The van der Waals surface area contributed by atoms with Gasteiger partial charge in [0.05, 0.1) is 0 Å². The lowest BCUT2D eigenvalue weighted by molar-refractivity contribution is 0.102. The van der Waals surface area contributed by atoms with E-state index in [-0.39, 0.29) is 11.6 Å². The second kappa shape index (κ2) is 8.29. The molecule has 0 spiro atoms. The molecule has 132 valence electrons. The molecule has 2 aromatic rings. The summed E-state index contributed by atoms with van der Waals surface area (Å²) < 4.78 is 16.0. The molecule has 0 atom stereocenters. The molecule has 25 heavy (non-hydrogen) atoms. The maximum Gasteiger partial charge on any atom is 0.274 e. The van der Waals surface area contributed by atoms with E-state index in [0.717, 1.165) is 6.42 Å². The van der Waals surface area contributed by atoms with Crippen molar-refractivity contribution in [1.82, 2.24) is 9.97 Å². The van der Waals surface area contributed by atoms with Gasteiger partial charge in [0, 0.05) is 38.2 Å². The highest BCUT2D eigenvalue weighted by atomic mass is 16.6. The molecule has 0 fully saturated rings. The van der Waals surface area contributed by atoms with Gasteiger partial charge in [0.2, 0.25) is 5.95 Å². The zero-order chi connectivity index (χ0) is 17.5. The SMILES string of the molecule is COCCCNc1nccc(C(=O)Nc2ccc3c(c2)OCCO3)n1. The number of aromatic nitrogens is 2. The van der Waals surface area contributed by atoms with Crippen LogP contribution in [0.4, 0.5) is 11.6 Å². The monoisotopic (exact) mass is 344 g/mol. The number of rotatable bonds is 7. The lowest BCUT2D eigenvalue weighted by Gasteiger charge is -2.19. The predicted molar refractivity (Wildman–Crippen MR) is 92.4 cm³/mol. The minimum absolute atomic E-state index is 0.277. The van der Waals surface area contributed by atoms with Crippen LogP contribution in [0.15, 0.2) is 30.5 Å². The molecule has 1 aliphatic heterocycles. The third-order valence-electron chi connectivity index (χ3n) is 3.50. The van der Waals surface area contributed by atoms with Gasteiger partial charge in [-0.1, -0.05) is 0 Å². The summed E-state index contributed by atoms with van der Waals surface area (Å²) in [5, 5.41) is 5.86. The van der Waals surface area contributed by atoms with Gasteiger partial charge in [0.15, 0.2) is 11.5 Å².